The lowest BCUT2D eigenvalue weighted by atomic mass is 10.0. The molecule has 0 heterocycles. The summed E-state index contributed by atoms with van der Waals surface area (Å²) >= 11 is 0. The molecule has 6 heteroatoms. The predicted molar refractivity (Wildman–Crippen MR) is 66.4 cm³/mol. The van der Waals surface area contributed by atoms with E-state index >= 15 is 0 Å². The van der Waals surface area contributed by atoms with Crippen LogP contribution in [0.2, 0.25) is 0 Å². The second kappa shape index (κ2) is 4.30. The van der Waals surface area contributed by atoms with Crippen molar-refractivity contribution < 1.29 is 22.5 Å². The molecule has 0 amide bonds. The molecule has 0 aliphatic heterocycles. The van der Waals surface area contributed by atoms with Gasteiger partial charge in [0.15, 0.2) is 5.75 Å². The first-order valence-electron chi connectivity index (χ1n) is 5.03. The summed E-state index contributed by atoms with van der Waals surface area (Å²) in [5, 5.41) is 10.3. The fraction of sp³-hybridized carbons (Fsp3) is 0.0833. The number of carbonyl (C=O) groups is 1. The fourth-order valence-corrected chi connectivity index (χ4v) is 2.17. The van der Waals surface area contributed by atoms with Crippen molar-refractivity contribution in [2.75, 3.05) is 6.26 Å². The molecule has 2 aromatic carbocycles. The van der Waals surface area contributed by atoms with Crippen molar-refractivity contribution >= 4 is 26.9 Å². The van der Waals surface area contributed by atoms with Crippen LogP contribution < -0.4 is 4.18 Å². The van der Waals surface area contributed by atoms with E-state index in [4.69, 9.17) is 4.18 Å². The van der Waals surface area contributed by atoms with Gasteiger partial charge in [-0.05, 0) is 11.5 Å². The van der Waals surface area contributed by atoms with Gasteiger partial charge in [0.25, 0.3) is 0 Å². The zero-order chi connectivity index (χ0) is 13.3. The van der Waals surface area contributed by atoms with E-state index in [1.807, 2.05) is 0 Å². The molecule has 0 saturated heterocycles. The first kappa shape index (κ1) is 12.4. The van der Waals surface area contributed by atoms with Crippen LogP contribution in [0, 0.1) is 0 Å². The van der Waals surface area contributed by atoms with Gasteiger partial charge in [0, 0.05) is 5.39 Å². The molecule has 0 spiro atoms. The van der Waals surface area contributed by atoms with E-state index in [9.17, 15) is 18.3 Å². The number of fused-ring (bicyclic) bond motifs is 1. The summed E-state index contributed by atoms with van der Waals surface area (Å²) in [6.07, 6.45) is 0.869. The molecule has 0 radical (unpaired) electrons. The summed E-state index contributed by atoms with van der Waals surface area (Å²) in [5.74, 6) is -1.41. The van der Waals surface area contributed by atoms with Gasteiger partial charge >= 0.3 is 16.1 Å². The monoisotopic (exact) mass is 266 g/mol. The van der Waals surface area contributed by atoms with Crippen molar-refractivity contribution in [2.45, 2.75) is 0 Å². The van der Waals surface area contributed by atoms with Gasteiger partial charge in [-0.15, -0.1) is 0 Å². The number of hydrogen-bond acceptors (Lipinski definition) is 4. The molecule has 2 aromatic rings. The van der Waals surface area contributed by atoms with Crippen molar-refractivity contribution in [1.29, 1.82) is 0 Å². The standard InChI is InChI=1S/C12H10O5S/c1-18(15,16)17-10-7-6-8-4-2-3-5-9(8)11(10)12(13)14/h2-7H,1H3,(H,13,14). The van der Waals surface area contributed by atoms with Gasteiger partial charge in [-0.3, -0.25) is 0 Å². The molecular weight excluding hydrogens is 256 g/mol. The summed E-state index contributed by atoms with van der Waals surface area (Å²) in [5.41, 5.74) is -0.154. The van der Waals surface area contributed by atoms with Gasteiger partial charge < -0.3 is 9.29 Å². The van der Waals surface area contributed by atoms with Crippen LogP contribution in [0.3, 0.4) is 0 Å². The molecule has 0 aliphatic carbocycles. The molecule has 0 atom stereocenters. The Morgan fingerprint density at radius 3 is 2.44 bits per heavy atom. The second-order valence-electron chi connectivity index (χ2n) is 3.75. The Morgan fingerprint density at radius 1 is 1.17 bits per heavy atom. The Bertz CT molecular complexity index is 718. The lowest BCUT2D eigenvalue weighted by Gasteiger charge is -2.09. The Labute approximate surface area is 104 Å². The Hall–Kier alpha value is -2.08. The van der Waals surface area contributed by atoms with Gasteiger partial charge in [-0.25, -0.2) is 4.79 Å². The molecule has 0 aliphatic rings. The molecular formula is C12H10O5S. The summed E-state index contributed by atoms with van der Waals surface area (Å²) in [7, 11) is -3.77. The fourth-order valence-electron chi connectivity index (χ4n) is 1.70. The van der Waals surface area contributed by atoms with Gasteiger partial charge in [-0.2, -0.15) is 8.42 Å². The van der Waals surface area contributed by atoms with Crippen LogP contribution in [0.5, 0.6) is 5.75 Å². The molecule has 0 saturated carbocycles. The van der Waals surface area contributed by atoms with Crippen LogP contribution in [0.4, 0.5) is 0 Å². The molecule has 0 bridgehead atoms. The Kier molecular flexibility index (Phi) is 2.96. The highest BCUT2D eigenvalue weighted by molar-refractivity contribution is 7.86. The van der Waals surface area contributed by atoms with Crippen LogP contribution >= 0.6 is 0 Å². The maximum atomic E-state index is 11.2. The van der Waals surface area contributed by atoms with Crippen molar-refractivity contribution in [1.82, 2.24) is 0 Å². The molecule has 5 nitrogen and oxygen atoms in total. The predicted octanol–water partition coefficient (Wildman–Crippen LogP) is 1.88. The molecule has 2 rings (SSSR count). The summed E-state index contributed by atoms with van der Waals surface area (Å²) < 4.78 is 26.9. The van der Waals surface area contributed by atoms with Crippen molar-refractivity contribution in [3.05, 3.63) is 42.0 Å². The second-order valence-corrected chi connectivity index (χ2v) is 5.33. The molecule has 18 heavy (non-hydrogen) atoms. The Morgan fingerprint density at radius 2 is 1.83 bits per heavy atom. The maximum Gasteiger partial charge on any atom is 0.340 e. The normalized spacial score (nSPS) is 11.4. The maximum absolute atomic E-state index is 11.2. The first-order valence-corrected chi connectivity index (χ1v) is 6.84. The van der Waals surface area contributed by atoms with Crippen molar-refractivity contribution in [2.24, 2.45) is 0 Å². The van der Waals surface area contributed by atoms with Crippen molar-refractivity contribution in [3.8, 4) is 5.75 Å². The molecule has 1 N–H and O–H groups in total. The molecule has 0 unspecified atom stereocenters. The Balaban J connectivity index is 2.75. The van der Waals surface area contributed by atoms with Gasteiger partial charge in [0.1, 0.15) is 5.56 Å². The van der Waals surface area contributed by atoms with E-state index < -0.39 is 16.1 Å². The van der Waals surface area contributed by atoms with Crippen LogP contribution in [-0.2, 0) is 10.1 Å². The lowest BCUT2D eigenvalue weighted by Crippen LogP contribution is -2.10. The third-order valence-electron chi connectivity index (χ3n) is 2.35. The number of benzene rings is 2. The average Bonchev–Trinajstić information content (AvgIpc) is 2.26. The van der Waals surface area contributed by atoms with E-state index in [0.29, 0.717) is 10.8 Å². The minimum Gasteiger partial charge on any atom is -0.478 e. The number of hydrogen-bond donors (Lipinski definition) is 1. The van der Waals surface area contributed by atoms with Gasteiger partial charge in [-0.1, -0.05) is 30.3 Å². The smallest absolute Gasteiger partial charge is 0.340 e. The van der Waals surface area contributed by atoms with E-state index in [0.717, 1.165) is 6.26 Å². The SMILES string of the molecule is CS(=O)(=O)Oc1ccc2ccccc2c1C(=O)O. The third-order valence-corrected chi connectivity index (χ3v) is 2.83. The van der Waals surface area contributed by atoms with Crippen LogP contribution in [0.1, 0.15) is 10.4 Å². The zero-order valence-corrected chi connectivity index (χ0v) is 10.3. The summed E-state index contributed by atoms with van der Waals surface area (Å²) in [6, 6.07) is 9.75. The molecule has 94 valence electrons. The van der Waals surface area contributed by atoms with Gasteiger partial charge in [0.05, 0.1) is 6.26 Å². The van der Waals surface area contributed by atoms with E-state index in [1.54, 1.807) is 30.3 Å². The number of aromatic carboxylic acids is 1. The summed E-state index contributed by atoms with van der Waals surface area (Å²) in [4.78, 5) is 11.2. The van der Waals surface area contributed by atoms with Crippen LogP contribution in [0.15, 0.2) is 36.4 Å². The van der Waals surface area contributed by atoms with Crippen molar-refractivity contribution in [3.63, 3.8) is 0 Å². The highest BCUT2D eigenvalue weighted by atomic mass is 32.2. The lowest BCUT2D eigenvalue weighted by molar-refractivity contribution is 0.0697. The highest BCUT2D eigenvalue weighted by Crippen LogP contribution is 2.28. The van der Waals surface area contributed by atoms with E-state index in [2.05, 4.69) is 0 Å². The van der Waals surface area contributed by atoms with Crippen LogP contribution in [0.25, 0.3) is 10.8 Å². The largest absolute Gasteiger partial charge is 0.478 e. The van der Waals surface area contributed by atoms with E-state index in [1.165, 1.54) is 6.07 Å². The third kappa shape index (κ3) is 2.43. The number of carboxylic acid groups (broad SMARTS) is 1. The average molecular weight is 266 g/mol. The highest BCUT2D eigenvalue weighted by Gasteiger charge is 2.18. The quantitative estimate of drug-likeness (QED) is 0.858. The number of rotatable bonds is 3. The molecule has 0 fully saturated rings. The molecule has 0 aromatic heterocycles. The first-order chi connectivity index (χ1) is 8.38. The van der Waals surface area contributed by atoms with E-state index in [-0.39, 0.29) is 11.3 Å². The minimum atomic E-state index is -3.77. The summed E-state index contributed by atoms with van der Waals surface area (Å²) in [6.45, 7) is 0. The topological polar surface area (TPSA) is 80.7 Å². The number of carboxylic acids is 1. The van der Waals surface area contributed by atoms with Crippen LogP contribution in [-0.4, -0.2) is 25.7 Å². The zero-order valence-electron chi connectivity index (χ0n) is 9.45. The van der Waals surface area contributed by atoms with Gasteiger partial charge in [0.2, 0.25) is 0 Å². The minimum absolute atomic E-state index is 0.154.